The zero-order valence-electron chi connectivity index (χ0n) is 6.45. The molecular weight excluding hydrogens is 128 g/mol. The minimum atomic E-state index is -0.117. The Morgan fingerprint density at radius 1 is 1.80 bits per heavy atom. The predicted molar refractivity (Wildman–Crippen MR) is 40.7 cm³/mol. The lowest BCUT2D eigenvalue weighted by Gasteiger charge is -2.21. The SMILES string of the molecule is CC(CN)N1CCC(O)C1. The number of hydrogen-bond donors (Lipinski definition) is 2. The van der Waals surface area contributed by atoms with E-state index in [1.54, 1.807) is 0 Å². The highest BCUT2D eigenvalue weighted by atomic mass is 16.3. The average Bonchev–Trinajstić information content (AvgIpc) is 2.34. The Morgan fingerprint density at radius 3 is 2.90 bits per heavy atom. The molecule has 0 saturated carbocycles. The van der Waals surface area contributed by atoms with Crippen LogP contribution in [0.1, 0.15) is 13.3 Å². The molecule has 1 rings (SSSR count). The summed E-state index contributed by atoms with van der Waals surface area (Å²) >= 11 is 0. The average molecular weight is 144 g/mol. The Labute approximate surface area is 61.8 Å². The number of aliphatic hydroxyl groups excluding tert-OH is 1. The number of hydrogen-bond acceptors (Lipinski definition) is 3. The van der Waals surface area contributed by atoms with Crippen LogP contribution in [0.4, 0.5) is 0 Å². The Morgan fingerprint density at radius 2 is 2.50 bits per heavy atom. The van der Waals surface area contributed by atoms with Crippen LogP contribution in [-0.2, 0) is 0 Å². The number of aliphatic hydroxyl groups is 1. The maximum Gasteiger partial charge on any atom is 0.0679 e. The topological polar surface area (TPSA) is 49.5 Å². The van der Waals surface area contributed by atoms with E-state index in [0.29, 0.717) is 12.6 Å². The maximum absolute atomic E-state index is 9.16. The van der Waals surface area contributed by atoms with Gasteiger partial charge in [-0.2, -0.15) is 0 Å². The van der Waals surface area contributed by atoms with Gasteiger partial charge in [-0.25, -0.2) is 0 Å². The van der Waals surface area contributed by atoms with Crippen LogP contribution >= 0.6 is 0 Å². The first-order valence-electron chi connectivity index (χ1n) is 3.86. The van der Waals surface area contributed by atoms with Crippen molar-refractivity contribution in [3.63, 3.8) is 0 Å². The van der Waals surface area contributed by atoms with E-state index in [1.807, 2.05) is 0 Å². The molecule has 2 atom stereocenters. The first-order valence-corrected chi connectivity index (χ1v) is 3.86. The molecule has 0 bridgehead atoms. The molecule has 3 heteroatoms. The fourth-order valence-electron chi connectivity index (χ4n) is 1.32. The summed E-state index contributed by atoms with van der Waals surface area (Å²) in [4.78, 5) is 2.23. The second-order valence-electron chi connectivity index (χ2n) is 3.02. The van der Waals surface area contributed by atoms with Crippen LogP contribution in [0.3, 0.4) is 0 Å². The van der Waals surface area contributed by atoms with E-state index in [9.17, 15) is 0 Å². The minimum Gasteiger partial charge on any atom is -0.392 e. The molecule has 3 nitrogen and oxygen atoms in total. The smallest absolute Gasteiger partial charge is 0.0679 e. The molecule has 1 heterocycles. The van der Waals surface area contributed by atoms with Crippen LogP contribution in [0.2, 0.25) is 0 Å². The summed E-state index contributed by atoms with van der Waals surface area (Å²) in [6.07, 6.45) is 0.790. The number of rotatable bonds is 2. The molecule has 0 aliphatic carbocycles. The van der Waals surface area contributed by atoms with Gasteiger partial charge >= 0.3 is 0 Å². The van der Waals surface area contributed by atoms with Gasteiger partial charge in [0, 0.05) is 25.7 Å². The molecule has 2 unspecified atom stereocenters. The molecule has 0 amide bonds. The summed E-state index contributed by atoms with van der Waals surface area (Å²) in [5.74, 6) is 0. The summed E-state index contributed by atoms with van der Waals surface area (Å²) in [6, 6.07) is 0.428. The molecule has 10 heavy (non-hydrogen) atoms. The molecule has 0 aromatic heterocycles. The highest BCUT2D eigenvalue weighted by Gasteiger charge is 2.22. The zero-order valence-corrected chi connectivity index (χ0v) is 6.45. The second-order valence-corrected chi connectivity index (χ2v) is 3.02. The van der Waals surface area contributed by atoms with E-state index in [1.165, 1.54) is 0 Å². The van der Waals surface area contributed by atoms with Gasteiger partial charge in [0.15, 0.2) is 0 Å². The highest BCUT2D eigenvalue weighted by molar-refractivity contribution is 4.78. The quantitative estimate of drug-likeness (QED) is 0.544. The van der Waals surface area contributed by atoms with Crippen molar-refractivity contribution < 1.29 is 5.11 Å². The van der Waals surface area contributed by atoms with Gasteiger partial charge in [0.05, 0.1) is 6.10 Å². The van der Waals surface area contributed by atoms with Gasteiger partial charge in [0.25, 0.3) is 0 Å². The zero-order chi connectivity index (χ0) is 7.56. The minimum absolute atomic E-state index is 0.117. The fourth-order valence-corrected chi connectivity index (χ4v) is 1.32. The van der Waals surface area contributed by atoms with Crippen molar-refractivity contribution in [2.45, 2.75) is 25.5 Å². The third kappa shape index (κ3) is 1.68. The number of β-amino-alcohol motifs (C(OH)–C–C–N with tert-alkyl or cyclic N) is 1. The van der Waals surface area contributed by atoms with Crippen molar-refractivity contribution in [3.05, 3.63) is 0 Å². The molecule has 1 saturated heterocycles. The molecule has 1 aliphatic heterocycles. The molecule has 1 aliphatic rings. The molecule has 1 fully saturated rings. The van der Waals surface area contributed by atoms with Crippen LogP contribution in [-0.4, -0.2) is 41.8 Å². The lowest BCUT2D eigenvalue weighted by atomic mass is 10.3. The number of nitrogens with two attached hydrogens (primary N) is 1. The van der Waals surface area contributed by atoms with E-state index in [2.05, 4.69) is 11.8 Å². The van der Waals surface area contributed by atoms with Crippen LogP contribution < -0.4 is 5.73 Å². The molecule has 0 aromatic rings. The first-order chi connectivity index (χ1) is 4.74. The highest BCUT2D eigenvalue weighted by Crippen LogP contribution is 2.11. The lowest BCUT2D eigenvalue weighted by molar-refractivity contribution is 0.164. The van der Waals surface area contributed by atoms with E-state index >= 15 is 0 Å². The molecule has 3 N–H and O–H groups in total. The predicted octanol–water partition coefficient (Wildman–Crippen LogP) is -0.600. The van der Waals surface area contributed by atoms with Gasteiger partial charge in [-0.1, -0.05) is 0 Å². The monoisotopic (exact) mass is 144 g/mol. The van der Waals surface area contributed by atoms with Gasteiger partial charge in [0.1, 0.15) is 0 Å². The Balaban J connectivity index is 2.29. The summed E-state index contributed by atoms with van der Waals surface area (Å²) in [5.41, 5.74) is 5.47. The summed E-state index contributed by atoms with van der Waals surface area (Å²) in [6.45, 7) is 4.59. The van der Waals surface area contributed by atoms with E-state index in [4.69, 9.17) is 10.8 Å². The van der Waals surface area contributed by atoms with Crippen molar-refractivity contribution in [1.29, 1.82) is 0 Å². The summed E-state index contributed by atoms with van der Waals surface area (Å²) < 4.78 is 0. The molecule has 0 radical (unpaired) electrons. The molecule has 0 spiro atoms. The van der Waals surface area contributed by atoms with Crippen molar-refractivity contribution in [1.82, 2.24) is 4.90 Å². The van der Waals surface area contributed by atoms with Gasteiger partial charge in [0.2, 0.25) is 0 Å². The van der Waals surface area contributed by atoms with Crippen molar-refractivity contribution in [2.24, 2.45) is 5.73 Å². The standard InChI is InChI=1S/C7H16N2O/c1-6(4-8)9-3-2-7(10)5-9/h6-7,10H,2-5,8H2,1H3. The molecule has 60 valence electrons. The van der Waals surface area contributed by atoms with Crippen LogP contribution in [0.25, 0.3) is 0 Å². The summed E-state index contributed by atoms with van der Waals surface area (Å²) in [7, 11) is 0. The lowest BCUT2D eigenvalue weighted by Crippen LogP contribution is -2.37. The third-order valence-corrected chi connectivity index (χ3v) is 2.16. The van der Waals surface area contributed by atoms with Crippen molar-refractivity contribution in [3.8, 4) is 0 Å². The van der Waals surface area contributed by atoms with E-state index in [0.717, 1.165) is 19.5 Å². The molecular formula is C7H16N2O. The number of nitrogens with zero attached hydrogens (tertiary/aromatic N) is 1. The largest absolute Gasteiger partial charge is 0.392 e. The fraction of sp³-hybridized carbons (Fsp3) is 1.00. The van der Waals surface area contributed by atoms with Gasteiger partial charge < -0.3 is 10.8 Å². The van der Waals surface area contributed by atoms with Crippen molar-refractivity contribution >= 4 is 0 Å². The van der Waals surface area contributed by atoms with Crippen LogP contribution in [0.5, 0.6) is 0 Å². The summed E-state index contributed by atoms with van der Waals surface area (Å²) in [5, 5.41) is 9.16. The van der Waals surface area contributed by atoms with Gasteiger partial charge in [-0.15, -0.1) is 0 Å². The second kappa shape index (κ2) is 3.32. The van der Waals surface area contributed by atoms with E-state index < -0.39 is 0 Å². The normalized spacial score (nSPS) is 30.9. The van der Waals surface area contributed by atoms with Gasteiger partial charge in [-0.05, 0) is 13.3 Å². The number of likely N-dealkylation sites (tertiary alicyclic amines) is 1. The maximum atomic E-state index is 9.16. The molecule has 0 aromatic carbocycles. The van der Waals surface area contributed by atoms with Gasteiger partial charge in [-0.3, -0.25) is 4.90 Å². The Kier molecular flexibility index (Phi) is 2.65. The Bertz CT molecular complexity index is 108. The first kappa shape index (κ1) is 7.98. The van der Waals surface area contributed by atoms with Crippen LogP contribution in [0, 0.1) is 0 Å². The third-order valence-electron chi connectivity index (χ3n) is 2.16. The van der Waals surface area contributed by atoms with Crippen molar-refractivity contribution in [2.75, 3.05) is 19.6 Å². The Hall–Kier alpha value is -0.120. The van der Waals surface area contributed by atoms with Crippen LogP contribution in [0.15, 0.2) is 0 Å². The van der Waals surface area contributed by atoms with E-state index in [-0.39, 0.29) is 6.10 Å².